The first kappa shape index (κ1) is 16.4. The zero-order valence-electron chi connectivity index (χ0n) is 14.3. The standard InChI is InChI=1S/C18H31N3/c1-6-8-15-12-21(17(11-20-15)18(3,4)5)13-16-14(2)9-7-10-19-16/h7,9-10,15,17,20H,6,8,11-13H2,1-5H3. The smallest absolute Gasteiger partial charge is 0.0573 e. The van der Waals surface area contributed by atoms with E-state index in [1.54, 1.807) is 0 Å². The van der Waals surface area contributed by atoms with Crippen molar-refractivity contribution in [2.45, 2.75) is 66.1 Å². The van der Waals surface area contributed by atoms with Crippen molar-refractivity contribution in [1.29, 1.82) is 0 Å². The molecule has 0 radical (unpaired) electrons. The lowest BCUT2D eigenvalue weighted by atomic mass is 9.83. The normalized spacial score (nSPS) is 24.2. The Hall–Kier alpha value is -0.930. The summed E-state index contributed by atoms with van der Waals surface area (Å²) in [4.78, 5) is 7.24. The van der Waals surface area contributed by atoms with Gasteiger partial charge >= 0.3 is 0 Å². The summed E-state index contributed by atoms with van der Waals surface area (Å²) in [7, 11) is 0. The summed E-state index contributed by atoms with van der Waals surface area (Å²) in [6, 6.07) is 5.38. The molecule has 2 heterocycles. The van der Waals surface area contributed by atoms with Crippen molar-refractivity contribution in [2.24, 2.45) is 5.41 Å². The van der Waals surface area contributed by atoms with Gasteiger partial charge in [0.1, 0.15) is 0 Å². The van der Waals surface area contributed by atoms with E-state index in [0.29, 0.717) is 12.1 Å². The predicted molar refractivity (Wildman–Crippen MR) is 89.3 cm³/mol. The highest BCUT2D eigenvalue weighted by Crippen LogP contribution is 2.28. The average Bonchev–Trinajstić information content (AvgIpc) is 2.41. The molecule has 2 rings (SSSR count). The van der Waals surface area contributed by atoms with Crippen LogP contribution in [0.25, 0.3) is 0 Å². The maximum atomic E-state index is 4.60. The van der Waals surface area contributed by atoms with Gasteiger partial charge in [-0.3, -0.25) is 9.88 Å². The van der Waals surface area contributed by atoms with Gasteiger partial charge in [0.2, 0.25) is 0 Å². The zero-order valence-corrected chi connectivity index (χ0v) is 14.3. The highest BCUT2D eigenvalue weighted by Gasteiger charge is 2.35. The first-order chi connectivity index (χ1) is 9.91. The number of hydrogen-bond acceptors (Lipinski definition) is 3. The van der Waals surface area contributed by atoms with Crippen LogP contribution < -0.4 is 5.32 Å². The molecule has 0 spiro atoms. The Morgan fingerprint density at radius 2 is 2.14 bits per heavy atom. The Morgan fingerprint density at radius 1 is 1.38 bits per heavy atom. The number of aryl methyl sites for hydroxylation is 1. The maximum absolute atomic E-state index is 4.60. The minimum absolute atomic E-state index is 0.285. The van der Waals surface area contributed by atoms with Crippen molar-refractivity contribution in [3.8, 4) is 0 Å². The zero-order chi connectivity index (χ0) is 15.5. The molecule has 0 bridgehead atoms. The van der Waals surface area contributed by atoms with Gasteiger partial charge in [-0.05, 0) is 30.4 Å². The van der Waals surface area contributed by atoms with E-state index in [-0.39, 0.29) is 5.41 Å². The van der Waals surface area contributed by atoms with Crippen LogP contribution in [-0.2, 0) is 6.54 Å². The molecule has 0 aliphatic carbocycles. The molecule has 3 heteroatoms. The van der Waals surface area contributed by atoms with Crippen LogP contribution in [-0.4, -0.2) is 35.1 Å². The molecular formula is C18H31N3. The molecule has 1 aliphatic heterocycles. The third-order valence-electron chi connectivity index (χ3n) is 4.60. The quantitative estimate of drug-likeness (QED) is 0.921. The highest BCUT2D eigenvalue weighted by molar-refractivity contribution is 5.18. The monoisotopic (exact) mass is 289 g/mol. The van der Waals surface area contributed by atoms with Gasteiger partial charge in [0, 0.05) is 37.9 Å². The average molecular weight is 289 g/mol. The number of nitrogens with one attached hydrogen (secondary N) is 1. The minimum Gasteiger partial charge on any atom is -0.311 e. The van der Waals surface area contributed by atoms with Gasteiger partial charge in [-0.25, -0.2) is 0 Å². The van der Waals surface area contributed by atoms with Crippen LogP contribution in [0.15, 0.2) is 18.3 Å². The number of aromatic nitrogens is 1. The number of rotatable bonds is 4. The maximum Gasteiger partial charge on any atom is 0.0573 e. The molecule has 1 aliphatic rings. The van der Waals surface area contributed by atoms with Crippen molar-refractivity contribution >= 4 is 0 Å². The summed E-state index contributed by atoms with van der Waals surface area (Å²) >= 11 is 0. The van der Waals surface area contributed by atoms with Crippen molar-refractivity contribution < 1.29 is 0 Å². The molecule has 1 aromatic heterocycles. The van der Waals surface area contributed by atoms with Crippen LogP contribution in [0.1, 0.15) is 51.8 Å². The van der Waals surface area contributed by atoms with Gasteiger partial charge < -0.3 is 5.32 Å². The largest absolute Gasteiger partial charge is 0.311 e. The SMILES string of the molecule is CCCC1CN(Cc2ncccc2C)C(C(C)(C)C)CN1. The number of hydrogen-bond donors (Lipinski definition) is 1. The van der Waals surface area contributed by atoms with Gasteiger partial charge in [0.05, 0.1) is 5.69 Å². The molecule has 21 heavy (non-hydrogen) atoms. The molecule has 0 saturated carbocycles. The van der Waals surface area contributed by atoms with Gasteiger partial charge in [-0.1, -0.05) is 40.2 Å². The molecule has 1 N–H and O–H groups in total. The Bertz CT molecular complexity index is 450. The fourth-order valence-electron chi connectivity index (χ4n) is 3.33. The van der Waals surface area contributed by atoms with Gasteiger partial charge in [0.25, 0.3) is 0 Å². The third-order valence-corrected chi connectivity index (χ3v) is 4.60. The van der Waals surface area contributed by atoms with Crippen LogP contribution in [0, 0.1) is 12.3 Å². The van der Waals surface area contributed by atoms with E-state index in [0.717, 1.165) is 19.6 Å². The summed E-state index contributed by atoms with van der Waals surface area (Å²) in [6.45, 7) is 14.7. The third kappa shape index (κ3) is 4.27. The topological polar surface area (TPSA) is 28.2 Å². The van der Waals surface area contributed by atoms with Gasteiger partial charge in [0.15, 0.2) is 0 Å². The van der Waals surface area contributed by atoms with Crippen LogP contribution in [0.4, 0.5) is 0 Å². The fraction of sp³-hybridized carbons (Fsp3) is 0.722. The molecule has 3 nitrogen and oxygen atoms in total. The summed E-state index contributed by atoms with van der Waals surface area (Å²) in [5.74, 6) is 0. The number of nitrogens with zero attached hydrogens (tertiary/aromatic N) is 2. The van der Waals surface area contributed by atoms with Crippen molar-refractivity contribution in [3.63, 3.8) is 0 Å². The van der Waals surface area contributed by atoms with E-state index in [1.165, 1.54) is 24.1 Å². The lowest BCUT2D eigenvalue weighted by Crippen LogP contribution is -2.60. The number of piperazine rings is 1. The van der Waals surface area contributed by atoms with E-state index >= 15 is 0 Å². The summed E-state index contributed by atoms with van der Waals surface area (Å²) in [5, 5.41) is 3.74. The molecule has 1 aromatic rings. The second kappa shape index (κ2) is 6.89. The Kier molecular flexibility index (Phi) is 5.39. The molecule has 118 valence electrons. The Morgan fingerprint density at radius 3 is 2.76 bits per heavy atom. The van der Waals surface area contributed by atoms with Crippen molar-refractivity contribution in [1.82, 2.24) is 15.2 Å². The van der Waals surface area contributed by atoms with E-state index < -0.39 is 0 Å². The molecule has 2 unspecified atom stereocenters. The van der Waals surface area contributed by atoms with E-state index in [1.807, 2.05) is 12.3 Å². The molecule has 0 aromatic carbocycles. The second-order valence-electron chi connectivity index (χ2n) is 7.47. The van der Waals surface area contributed by atoms with Crippen LogP contribution in [0.5, 0.6) is 0 Å². The lowest BCUT2D eigenvalue weighted by Gasteiger charge is -2.46. The van der Waals surface area contributed by atoms with Crippen molar-refractivity contribution in [3.05, 3.63) is 29.6 Å². The van der Waals surface area contributed by atoms with Gasteiger partial charge in [-0.15, -0.1) is 0 Å². The number of pyridine rings is 1. The van der Waals surface area contributed by atoms with Crippen LogP contribution in [0.3, 0.4) is 0 Å². The molecule has 0 amide bonds. The molecule has 2 atom stereocenters. The summed E-state index contributed by atoms with van der Waals surface area (Å²) < 4.78 is 0. The minimum atomic E-state index is 0.285. The highest BCUT2D eigenvalue weighted by atomic mass is 15.2. The molecule has 1 saturated heterocycles. The summed E-state index contributed by atoms with van der Waals surface area (Å²) in [6.07, 6.45) is 4.42. The van der Waals surface area contributed by atoms with E-state index in [2.05, 4.69) is 55.9 Å². The van der Waals surface area contributed by atoms with Crippen LogP contribution >= 0.6 is 0 Å². The van der Waals surface area contributed by atoms with Crippen molar-refractivity contribution in [2.75, 3.05) is 13.1 Å². The van der Waals surface area contributed by atoms with E-state index in [9.17, 15) is 0 Å². The first-order valence-corrected chi connectivity index (χ1v) is 8.29. The Balaban J connectivity index is 2.15. The molecular weight excluding hydrogens is 258 g/mol. The first-order valence-electron chi connectivity index (χ1n) is 8.29. The fourth-order valence-corrected chi connectivity index (χ4v) is 3.33. The Labute approximate surface area is 130 Å². The van der Waals surface area contributed by atoms with Gasteiger partial charge in [-0.2, -0.15) is 0 Å². The summed E-state index contributed by atoms with van der Waals surface area (Å²) in [5.41, 5.74) is 2.81. The lowest BCUT2D eigenvalue weighted by molar-refractivity contribution is 0.0463. The second-order valence-corrected chi connectivity index (χ2v) is 7.47. The van der Waals surface area contributed by atoms with E-state index in [4.69, 9.17) is 0 Å². The predicted octanol–water partition coefficient (Wildman–Crippen LogP) is 3.38. The molecule has 1 fully saturated rings. The van der Waals surface area contributed by atoms with Crippen LogP contribution in [0.2, 0.25) is 0 Å².